The van der Waals surface area contributed by atoms with Crippen molar-refractivity contribution in [3.8, 4) is 5.75 Å². The Bertz CT molecular complexity index is 364. The van der Waals surface area contributed by atoms with E-state index in [1.165, 1.54) is 12.8 Å². The fraction of sp³-hybridized carbons (Fsp3) is 0.600. The van der Waals surface area contributed by atoms with Crippen molar-refractivity contribution >= 4 is 0 Å². The van der Waals surface area contributed by atoms with Crippen LogP contribution in [0.4, 0.5) is 0 Å². The van der Waals surface area contributed by atoms with Crippen molar-refractivity contribution in [3.63, 3.8) is 0 Å². The summed E-state index contributed by atoms with van der Waals surface area (Å²) in [4.78, 5) is 2.28. The molecular formula is C15H25NO2. The summed E-state index contributed by atoms with van der Waals surface area (Å²) in [6.07, 6.45) is 1.97. The van der Waals surface area contributed by atoms with E-state index in [2.05, 4.69) is 18.9 Å². The Morgan fingerprint density at radius 1 is 1.39 bits per heavy atom. The largest absolute Gasteiger partial charge is 0.496 e. The first-order valence-electron chi connectivity index (χ1n) is 6.61. The summed E-state index contributed by atoms with van der Waals surface area (Å²) in [7, 11) is 3.80. The average Bonchev–Trinajstić information content (AvgIpc) is 2.36. The molecule has 1 atom stereocenters. The number of ether oxygens (including phenoxy) is 1. The molecule has 3 nitrogen and oxygen atoms in total. The third-order valence-electron chi connectivity index (χ3n) is 3.12. The molecule has 3 heteroatoms. The maximum Gasteiger partial charge on any atom is 0.123 e. The highest BCUT2D eigenvalue weighted by Gasteiger charge is 2.09. The zero-order valence-electron chi connectivity index (χ0n) is 11.9. The second-order valence-corrected chi connectivity index (χ2v) is 4.84. The molecule has 0 fully saturated rings. The van der Waals surface area contributed by atoms with E-state index in [9.17, 15) is 5.11 Å². The minimum atomic E-state index is -0.435. The number of hydrogen-bond acceptors (Lipinski definition) is 3. The van der Waals surface area contributed by atoms with Gasteiger partial charge < -0.3 is 14.7 Å². The highest BCUT2D eigenvalue weighted by molar-refractivity contribution is 5.38. The van der Waals surface area contributed by atoms with Crippen LogP contribution in [-0.2, 0) is 6.54 Å². The molecular weight excluding hydrogens is 226 g/mol. The SMILES string of the molecule is CCCCN(C)Cc1cc(C(C)O)ccc1OC. The van der Waals surface area contributed by atoms with E-state index in [0.29, 0.717) is 0 Å². The normalized spacial score (nSPS) is 12.8. The van der Waals surface area contributed by atoms with Crippen LogP contribution < -0.4 is 4.74 Å². The number of aliphatic hydroxyl groups is 1. The van der Waals surface area contributed by atoms with Crippen LogP contribution in [0.5, 0.6) is 5.75 Å². The van der Waals surface area contributed by atoms with Crippen molar-refractivity contribution < 1.29 is 9.84 Å². The molecule has 0 saturated heterocycles. The molecule has 18 heavy (non-hydrogen) atoms. The smallest absolute Gasteiger partial charge is 0.123 e. The van der Waals surface area contributed by atoms with Crippen LogP contribution in [0.25, 0.3) is 0 Å². The summed E-state index contributed by atoms with van der Waals surface area (Å²) < 4.78 is 5.38. The molecule has 102 valence electrons. The number of nitrogens with zero attached hydrogens (tertiary/aromatic N) is 1. The highest BCUT2D eigenvalue weighted by atomic mass is 16.5. The summed E-state index contributed by atoms with van der Waals surface area (Å²) >= 11 is 0. The molecule has 1 rings (SSSR count). The molecule has 0 radical (unpaired) electrons. The number of aliphatic hydroxyl groups excluding tert-OH is 1. The average molecular weight is 251 g/mol. The van der Waals surface area contributed by atoms with Crippen LogP contribution in [0.15, 0.2) is 18.2 Å². The van der Waals surface area contributed by atoms with Gasteiger partial charge in [-0.2, -0.15) is 0 Å². The van der Waals surface area contributed by atoms with Crippen molar-refractivity contribution in [2.24, 2.45) is 0 Å². The lowest BCUT2D eigenvalue weighted by Gasteiger charge is -2.19. The lowest BCUT2D eigenvalue weighted by Crippen LogP contribution is -2.19. The van der Waals surface area contributed by atoms with Crippen LogP contribution in [0.2, 0.25) is 0 Å². The minimum absolute atomic E-state index is 0.435. The van der Waals surface area contributed by atoms with Crippen molar-refractivity contribution in [1.82, 2.24) is 4.90 Å². The van der Waals surface area contributed by atoms with Gasteiger partial charge in [-0.25, -0.2) is 0 Å². The molecule has 0 aliphatic heterocycles. The molecule has 0 heterocycles. The standard InChI is InChI=1S/C15H25NO2/c1-5-6-9-16(3)11-14-10-13(12(2)17)7-8-15(14)18-4/h7-8,10,12,17H,5-6,9,11H2,1-4H3. The monoisotopic (exact) mass is 251 g/mol. The van der Waals surface area contributed by atoms with Crippen LogP contribution >= 0.6 is 0 Å². The van der Waals surface area contributed by atoms with Gasteiger partial charge in [0.15, 0.2) is 0 Å². The third kappa shape index (κ3) is 4.31. The molecule has 0 aliphatic rings. The Labute approximate surface area is 110 Å². The van der Waals surface area contributed by atoms with Gasteiger partial charge in [-0.1, -0.05) is 19.4 Å². The molecule has 0 saturated carbocycles. The highest BCUT2D eigenvalue weighted by Crippen LogP contribution is 2.24. The first kappa shape index (κ1) is 15.0. The van der Waals surface area contributed by atoms with Gasteiger partial charge in [0.2, 0.25) is 0 Å². The third-order valence-corrected chi connectivity index (χ3v) is 3.12. The van der Waals surface area contributed by atoms with Crippen LogP contribution in [0, 0.1) is 0 Å². The van der Waals surface area contributed by atoms with Crippen molar-refractivity contribution in [2.45, 2.75) is 39.3 Å². The van der Waals surface area contributed by atoms with Crippen LogP contribution in [0.3, 0.4) is 0 Å². The van der Waals surface area contributed by atoms with E-state index in [1.54, 1.807) is 14.0 Å². The molecule has 1 aromatic carbocycles. The molecule has 0 bridgehead atoms. The first-order chi connectivity index (χ1) is 8.58. The quantitative estimate of drug-likeness (QED) is 0.808. The van der Waals surface area contributed by atoms with Crippen molar-refractivity contribution in [1.29, 1.82) is 0 Å². The number of benzene rings is 1. The Hall–Kier alpha value is -1.06. The predicted octanol–water partition coefficient (Wildman–Crippen LogP) is 2.98. The zero-order chi connectivity index (χ0) is 13.5. The van der Waals surface area contributed by atoms with E-state index in [4.69, 9.17) is 4.74 Å². The maximum absolute atomic E-state index is 9.63. The molecule has 0 amide bonds. The van der Waals surface area contributed by atoms with Crippen molar-refractivity contribution in [3.05, 3.63) is 29.3 Å². The molecule has 0 spiro atoms. The van der Waals surface area contributed by atoms with Gasteiger partial charge >= 0.3 is 0 Å². The first-order valence-corrected chi connectivity index (χ1v) is 6.61. The van der Waals surface area contributed by atoms with Crippen molar-refractivity contribution in [2.75, 3.05) is 20.7 Å². The summed E-state index contributed by atoms with van der Waals surface area (Å²) in [6.45, 7) is 5.91. The van der Waals surface area contributed by atoms with Gasteiger partial charge in [0.25, 0.3) is 0 Å². The number of rotatable bonds is 7. The number of unbranched alkanes of at least 4 members (excludes halogenated alkanes) is 1. The van der Waals surface area contributed by atoms with E-state index >= 15 is 0 Å². The summed E-state index contributed by atoms with van der Waals surface area (Å²) in [5.74, 6) is 0.891. The van der Waals surface area contributed by atoms with E-state index in [0.717, 1.165) is 30.0 Å². The molecule has 0 aliphatic carbocycles. The van der Waals surface area contributed by atoms with Crippen LogP contribution in [-0.4, -0.2) is 30.7 Å². The molecule has 1 N–H and O–H groups in total. The second-order valence-electron chi connectivity index (χ2n) is 4.84. The van der Waals surface area contributed by atoms with Gasteiger partial charge in [0.1, 0.15) is 5.75 Å². The fourth-order valence-electron chi connectivity index (χ4n) is 1.98. The zero-order valence-corrected chi connectivity index (χ0v) is 11.9. The van der Waals surface area contributed by atoms with E-state index < -0.39 is 6.10 Å². The molecule has 1 aromatic rings. The van der Waals surface area contributed by atoms with E-state index in [1.807, 2.05) is 18.2 Å². The number of hydrogen-bond donors (Lipinski definition) is 1. The van der Waals surface area contributed by atoms with Crippen LogP contribution in [0.1, 0.15) is 43.9 Å². The topological polar surface area (TPSA) is 32.7 Å². The van der Waals surface area contributed by atoms with Gasteiger partial charge in [-0.3, -0.25) is 0 Å². The maximum atomic E-state index is 9.63. The number of methoxy groups -OCH3 is 1. The Morgan fingerprint density at radius 2 is 2.11 bits per heavy atom. The lowest BCUT2D eigenvalue weighted by atomic mass is 10.1. The Balaban J connectivity index is 2.80. The van der Waals surface area contributed by atoms with Gasteiger partial charge in [0.05, 0.1) is 13.2 Å². The van der Waals surface area contributed by atoms with Gasteiger partial charge in [-0.05, 0) is 44.6 Å². The lowest BCUT2D eigenvalue weighted by molar-refractivity contribution is 0.199. The summed E-state index contributed by atoms with van der Waals surface area (Å²) in [5.41, 5.74) is 2.07. The molecule has 0 aromatic heterocycles. The Morgan fingerprint density at radius 3 is 2.67 bits per heavy atom. The second kappa shape index (κ2) is 7.39. The summed E-state index contributed by atoms with van der Waals surface area (Å²) in [5, 5.41) is 9.63. The minimum Gasteiger partial charge on any atom is -0.496 e. The molecule has 1 unspecified atom stereocenters. The summed E-state index contributed by atoms with van der Waals surface area (Å²) in [6, 6.07) is 5.88. The fourth-order valence-corrected chi connectivity index (χ4v) is 1.98. The Kier molecular flexibility index (Phi) is 6.16. The van der Waals surface area contributed by atoms with E-state index in [-0.39, 0.29) is 0 Å². The predicted molar refractivity (Wildman–Crippen MR) is 74.9 cm³/mol. The van der Waals surface area contributed by atoms with Gasteiger partial charge in [0, 0.05) is 12.1 Å². The van der Waals surface area contributed by atoms with Gasteiger partial charge in [-0.15, -0.1) is 0 Å².